The van der Waals surface area contributed by atoms with Crippen molar-refractivity contribution < 1.29 is 4.79 Å². The molecule has 170 valence electrons. The van der Waals surface area contributed by atoms with Crippen molar-refractivity contribution in [2.24, 2.45) is 0 Å². The van der Waals surface area contributed by atoms with Crippen LogP contribution in [0.4, 0.5) is 5.69 Å². The number of allylic oxidation sites excluding steroid dienone is 4. The number of carbonyl (C=O) groups is 1. The fourth-order valence-electron chi connectivity index (χ4n) is 4.21. The number of hydrogen-bond acceptors (Lipinski definition) is 5. The van der Waals surface area contributed by atoms with Crippen molar-refractivity contribution >= 4 is 68.0 Å². The highest BCUT2D eigenvalue weighted by Crippen LogP contribution is 2.50. The molecule has 1 amide bonds. The van der Waals surface area contributed by atoms with Crippen molar-refractivity contribution in [2.75, 3.05) is 18.0 Å². The van der Waals surface area contributed by atoms with Crippen LogP contribution in [-0.2, 0) is 4.79 Å². The van der Waals surface area contributed by atoms with Crippen LogP contribution in [0.2, 0.25) is 0 Å². The van der Waals surface area contributed by atoms with Gasteiger partial charge in [-0.05, 0) is 54.0 Å². The van der Waals surface area contributed by atoms with Gasteiger partial charge in [-0.1, -0.05) is 102 Å². The van der Waals surface area contributed by atoms with E-state index < -0.39 is 0 Å². The van der Waals surface area contributed by atoms with Gasteiger partial charge in [0.1, 0.15) is 4.32 Å². The summed E-state index contributed by atoms with van der Waals surface area (Å²) >= 11 is 8.56. The number of hydrogen-bond donors (Lipinski definition) is 0. The molecule has 2 heterocycles. The fraction of sp³-hybridized carbons (Fsp3) is 0.143. The summed E-state index contributed by atoms with van der Waals surface area (Å²) in [5.74, 6) is -0.0156. The summed E-state index contributed by atoms with van der Waals surface area (Å²) in [6.07, 6.45) is 6.18. The van der Waals surface area contributed by atoms with Gasteiger partial charge in [-0.15, -0.1) is 0 Å². The van der Waals surface area contributed by atoms with Crippen LogP contribution >= 0.6 is 35.7 Å². The number of thioether (sulfide) groups is 2. The normalized spacial score (nSPS) is 18.6. The molecule has 34 heavy (non-hydrogen) atoms. The Morgan fingerprint density at radius 1 is 0.912 bits per heavy atom. The summed E-state index contributed by atoms with van der Waals surface area (Å²) in [6, 6.07) is 23.3. The summed E-state index contributed by atoms with van der Waals surface area (Å²) in [4.78, 5) is 18.7. The number of amides is 1. The van der Waals surface area contributed by atoms with E-state index in [0.717, 1.165) is 17.7 Å². The van der Waals surface area contributed by atoms with E-state index in [1.165, 1.54) is 38.1 Å². The molecule has 5 rings (SSSR count). The van der Waals surface area contributed by atoms with Crippen LogP contribution in [0.3, 0.4) is 0 Å². The molecular weight excluding hydrogens is 477 g/mol. The number of likely N-dealkylation sites (N-methyl/N-ethyl adjacent to an activating group) is 1. The number of anilines is 1. The highest BCUT2D eigenvalue weighted by atomic mass is 32.2. The van der Waals surface area contributed by atoms with Gasteiger partial charge >= 0.3 is 0 Å². The lowest BCUT2D eigenvalue weighted by atomic mass is 10.1. The lowest BCUT2D eigenvalue weighted by Crippen LogP contribution is -2.27. The molecular formula is C28H24N2OS3. The fourth-order valence-corrected chi connectivity index (χ4v) is 6.84. The molecule has 2 aliphatic rings. The maximum absolute atomic E-state index is 12.7. The van der Waals surface area contributed by atoms with Gasteiger partial charge in [0.2, 0.25) is 0 Å². The topological polar surface area (TPSA) is 23.6 Å². The largest absolute Gasteiger partial charge is 0.335 e. The smallest absolute Gasteiger partial charge is 0.266 e. The molecule has 0 unspecified atom stereocenters. The Balaban J connectivity index is 1.57. The summed E-state index contributed by atoms with van der Waals surface area (Å²) in [7, 11) is 0. The molecule has 0 aromatic heterocycles. The first-order valence-electron chi connectivity index (χ1n) is 11.3. The zero-order valence-corrected chi connectivity index (χ0v) is 21.5. The molecule has 3 aromatic carbocycles. The summed E-state index contributed by atoms with van der Waals surface area (Å²) in [5, 5.41) is 3.71. The maximum Gasteiger partial charge on any atom is 0.266 e. The van der Waals surface area contributed by atoms with Gasteiger partial charge in [0.05, 0.1) is 15.6 Å². The zero-order chi connectivity index (χ0) is 23.7. The van der Waals surface area contributed by atoms with Crippen LogP contribution in [0.1, 0.15) is 19.4 Å². The molecule has 6 heteroatoms. The van der Waals surface area contributed by atoms with Crippen molar-refractivity contribution in [1.82, 2.24) is 4.90 Å². The van der Waals surface area contributed by atoms with E-state index in [9.17, 15) is 4.79 Å². The van der Waals surface area contributed by atoms with Crippen molar-refractivity contribution in [3.8, 4) is 0 Å². The number of benzene rings is 3. The van der Waals surface area contributed by atoms with Gasteiger partial charge in [-0.3, -0.25) is 9.69 Å². The van der Waals surface area contributed by atoms with Gasteiger partial charge in [-0.2, -0.15) is 0 Å². The van der Waals surface area contributed by atoms with Crippen LogP contribution in [0.25, 0.3) is 16.3 Å². The summed E-state index contributed by atoms with van der Waals surface area (Å²) in [6.45, 7) is 5.60. The van der Waals surface area contributed by atoms with Gasteiger partial charge in [-0.25, -0.2) is 0 Å². The van der Waals surface area contributed by atoms with E-state index in [0.29, 0.717) is 15.8 Å². The predicted octanol–water partition coefficient (Wildman–Crippen LogP) is 7.46. The predicted molar refractivity (Wildman–Crippen MR) is 151 cm³/mol. The first-order valence-corrected chi connectivity index (χ1v) is 13.3. The molecule has 0 spiro atoms. The van der Waals surface area contributed by atoms with Gasteiger partial charge < -0.3 is 4.90 Å². The number of fused-ring (bicyclic) bond motifs is 3. The second-order valence-electron chi connectivity index (χ2n) is 7.90. The second-order valence-corrected chi connectivity index (χ2v) is 10.6. The highest BCUT2D eigenvalue weighted by molar-refractivity contribution is 8.26. The second kappa shape index (κ2) is 9.82. The van der Waals surface area contributed by atoms with Crippen molar-refractivity contribution in [3.63, 3.8) is 0 Å². The number of rotatable bonds is 5. The Labute approximate surface area is 214 Å². The molecule has 0 N–H and O–H groups in total. The van der Waals surface area contributed by atoms with Crippen molar-refractivity contribution in [3.05, 3.63) is 100 Å². The Kier molecular flexibility index (Phi) is 6.63. The molecule has 0 atom stereocenters. The lowest BCUT2D eigenvalue weighted by Gasteiger charge is -2.18. The first kappa shape index (κ1) is 23.0. The molecule has 0 saturated carbocycles. The summed E-state index contributed by atoms with van der Waals surface area (Å²) in [5.41, 5.74) is 3.41. The Hall–Kier alpha value is -2.80. The average Bonchev–Trinajstić information content (AvgIpc) is 3.37. The van der Waals surface area contributed by atoms with E-state index in [-0.39, 0.29) is 5.91 Å². The third kappa shape index (κ3) is 4.22. The van der Waals surface area contributed by atoms with Crippen LogP contribution in [0.5, 0.6) is 0 Å². The molecule has 2 aliphatic heterocycles. The molecule has 1 saturated heterocycles. The van der Waals surface area contributed by atoms with Crippen molar-refractivity contribution in [2.45, 2.75) is 18.7 Å². The quantitative estimate of drug-likeness (QED) is 0.267. The SMILES string of the molecule is CCN1C(=O)\C(=C/C=C(\C=C2/Sc3c(ccc4ccccc34)N2CC)c2ccccc2)SC1=S. The molecule has 0 radical (unpaired) electrons. The van der Waals surface area contributed by atoms with E-state index in [1.807, 2.05) is 49.0 Å². The van der Waals surface area contributed by atoms with Crippen LogP contribution in [-0.4, -0.2) is 28.2 Å². The third-order valence-corrected chi connectivity index (χ3v) is 8.51. The Morgan fingerprint density at radius 3 is 2.38 bits per heavy atom. The molecule has 0 bridgehead atoms. The van der Waals surface area contributed by atoms with E-state index in [2.05, 4.69) is 66.4 Å². The molecule has 3 aromatic rings. The van der Waals surface area contributed by atoms with Crippen LogP contribution < -0.4 is 4.90 Å². The molecule has 3 nitrogen and oxygen atoms in total. The lowest BCUT2D eigenvalue weighted by molar-refractivity contribution is -0.122. The van der Waals surface area contributed by atoms with Crippen LogP contribution in [0, 0.1) is 0 Å². The highest BCUT2D eigenvalue weighted by Gasteiger charge is 2.30. The minimum atomic E-state index is -0.0156. The Morgan fingerprint density at radius 2 is 1.65 bits per heavy atom. The number of carbonyl (C=O) groups excluding carboxylic acids is 1. The third-order valence-electron chi connectivity index (χ3n) is 5.93. The van der Waals surface area contributed by atoms with Gasteiger partial charge in [0.15, 0.2) is 0 Å². The standard InChI is InChI=1S/C28H24N2OS3/c1-3-29-23-16-14-20-12-8-9-13-22(20)26(23)34-25(29)18-21(19-10-6-5-7-11-19)15-17-24-27(31)30(4-2)28(32)33-24/h5-18H,3-4H2,1-2H3/b21-15+,24-17+,25-18-. The maximum atomic E-state index is 12.7. The number of thiocarbonyl (C=S) groups is 1. The van der Waals surface area contributed by atoms with Gasteiger partial charge in [0.25, 0.3) is 5.91 Å². The minimum absolute atomic E-state index is 0.0156. The summed E-state index contributed by atoms with van der Waals surface area (Å²) < 4.78 is 0.623. The number of nitrogens with zero attached hydrogens (tertiary/aromatic N) is 2. The van der Waals surface area contributed by atoms with Crippen LogP contribution in [0.15, 0.2) is 99.8 Å². The van der Waals surface area contributed by atoms with E-state index >= 15 is 0 Å². The van der Waals surface area contributed by atoms with Crippen molar-refractivity contribution in [1.29, 1.82) is 0 Å². The molecule has 0 aliphatic carbocycles. The van der Waals surface area contributed by atoms with E-state index in [4.69, 9.17) is 12.2 Å². The monoisotopic (exact) mass is 500 g/mol. The zero-order valence-electron chi connectivity index (χ0n) is 19.0. The van der Waals surface area contributed by atoms with Gasteiger partial charge in [0, 0.05) is 18.0 Å². The first-order chi connectivity index (χ1) is 16.6. The Bertz CT molecular complexity index is 1370. The average molecular weight is 501 g/mol. The molecule has 1 fully saturated rings. The minimum Gasteiger partial charge on any atom is -0.335 e. The van der Waals surface area contributed by atoms with E-state index in [1.54, 1.807) is 4.90 Å².